The predicted molar refractivity (Wildman–Crippen MR) is 73.5 cm³/mol. The van der Waals surface area contributed by atoms with Crippen molar-refractivity contribution >= 4 is 21.7 Å². The van der Waals surface area contributed by atoms with Crippen molar-refractivity contribution in [3.05, 3.63) is 10.8 Å². The maximum atomic E-state index is 5.77. The Labute approximate surface area is 111 Å². The molecule has 0 aliphatic rings. The van der Waals surface area contributed by atoms with E-state index >= 15 is 0 Å². The summed E-state index contributed by atoms with van der Waals surface area (Å²) >= 11 is 3.48. The van der Waals surface area contributed by atoms with Crippen LogP contribution in [0.2, 0.25) is 0 Å². The Hall–Kier alpha value is -0.840. The highest BCUT2D eigenvalue weighted by Gasteiger charge is 2.12. The summed E-state index contributed by atoms with van der Waals surface area (Å²) in [6.45, 7) is 7.20. The summed E-state index contributed by atoms with van der Waals surface area (Å²) in [5.74, 6) is 1.40. The molecule has 4 nitrogen and oxygen atoms in total. The Kier molecular flexibility index (Phi) is 6.26. The van der Waals surface area contributed by atoms with Crippen LogP contribution in [0.25, 0.3) is 0 Å². The van der Waals surface area contributed by atoms with Gasteiger partial charge in [0.05, 0.1) is 6.10 Å². The van der Waals surface area contributed by atoms with Crippen molar-refractivity contribution in [2.24, 2.45) is 0 Å². The highest BCUT2D eigenvalue weighted by Crippen LogP contribution is 2.29. The van der Waals surface area contributed by atoms with Gasteiger partial charge in [0, 0.05) is 6.54 Å². The summed E-state index contributed by atoms with van der Waals surface area (Å²) in [5.41, 5.74) is 0. The third-order valence-electron chi connectivity index (χ3n) is 2.31. The van der Waals surface area contributed by atoms with E-state index in [2.05, 4.69) is 52.0 Å². The molecule has 1 unspecified atom stereocenters. The second-order valence-corrected chi connectivity index (χ2v) is 4.78. The Morgan fingerprint density at radius 1 is 1.35 bits per heavy atom. The first-order valence-electron chi connectivity index (χ1n) is 6.10. The molecule has 0 saturated heterocycles. The molecule has 0 bridgehead atoms. The first-order valence-corrected chi connectivity index (χ1v) is 6.89. The van der Waals surface area contributed by atoms with E-state index in [1.54, 1.807) is 0 Å². The second-order valence-electron chi connectivity index (χ2n) is 3.99. The zero-order valence-corrected chi connectivity index (χ0v) is 12.2. The van der Waals surface area contributed by atoms with Gasteiger partial charge >= 0.3 is 0 Å². The first kappa shape index (κ1) is 14.2. The highest BCUT2D eigenvalue weighted by atomic mass is 79.9. The zero-order chi connectivity index (χ0) is 12.7. The van der Waals surface area contributed by atoms with Gasteiger partial charge in [-0.15, -0.1) is 0 Å². The lowest BCUT2D eigenvalue weighted by molar-refractivity contribution is 0.200. The molecule has 0 amide bonds. The Bertz CT molecular complexity index is 347. The monoisotopic (exact) mass is 301 g/mol. The van der Waals surface area contributed by atoms with Gasteiger partial charge in [-0.3, -0.25) is 0 Å². The largest absolute Gasteiger partial charge is 0.474 e. The minimum absolute atomic E-state index is 0.172. The van der Waals surface area contributed by atoms with E-state index < -0.39 is 0 Å². The van der Waals surface area contributed by atoms with Gasteiger partial charge in [0.1, 0.15) is 16.6 Å². The molecule has 17 heavy (non-hydrogen) atoms. The quantitative estimate of drug-likeness (QED) is 0.835. The molecule has 0 aliphatic carbocycles. The second kappa shape index (κ2) is 7.48. The fraction of sp³-hybridized carbons (Fsp3) is 0.667. The van der Waals surface area contributed by atoms with Gasteiger partial charge < -0.3 is 10.1 Å². The van der Waals surface area contributed by atoms with Crippen LogP contribution in [0, 0.1) is 0 Å². The fourth-order valence-electron chi connectivity index (χ4n) is 1.46. The molecule has 1 N–H and O–H groups in total. The van der Waals surface area contributed by atoms with E-state index in [1.807, 2.05) is 0 Å². The molecule has 96 valence electrons. The van der Waals surface area contributed by atoms with E-state index in [4.69, 9.17) is 4.74 Å². The zero-order valence-electron chi connectivity index (χ0n) is 10.7. The highest BCUT2D eigenvalue weighted by molar-refractivity contribution is 9.10. The van der Waals surface area contributed by atoms with Crippen LogP contribution < -0.4 is 10.1 Å². The average Bonchev–Trinajstić information content (AvgIpc) is 2.30. The van der Waals surface area contributed by atoms with Crippen molar-refractivity contribution in [1.29, 1.82) is 0 Å². The summed E-state index contributed by atoms with van der Waals surface area (Å²) in [6.07, 6.45) is 4.87. The number of ether oxygens (including phenoxy) is 1. The molecule has 1 heterocycles. The third kappa shape index (κ3) is 4.50. The van der Waals surface area contributed by atoms with Gasteiger partial charge in [-0.2, -0.15) is 0 Å². The SMILES string of the molecule is CCCNc1ncnc(OC(C)CCC)c1Br. The van der Waals surface area contributed by atoms with Gasteiger partial charge in [-0.05, 0) is 35.7 Å². The normalized spacial score (nSPS) is 12.2. The van der Waals surface area contributed by atoms with Crippen LogP contribution in [0.4, 0.5) is 5.82 Å². The van der Waals surface area contributed by atoms with Crippen LogP contribution in [0.1, 0.15) is 40.0 Å². The van der Waals surface area contributed by atoms with Crippen LogP contribution in [0.5, 0.6) is 5.88 Å². The summed E-state index contributed by atoms with van der Waals surface area (Å²) in [4.78, 5) is 8.33. The lowest BCUT2D eigenvalue weighted by Gasteiger charge is -2.15. The van der Waals surface area contributed by atoms with Crippen molar-refractivity contribution in [3.63, 3.8) is 0 Å². The van der Waals surface area contributed by atoms with Crippen LogP contribution in [-0.2, 0) is 0 Å². The third-order valence-corrected chi connectivity index (χ3v) is 3.02. The number of hydrogen-bond acceptors (Lipinski definition) is 4. The first-order chi connectivity index (χ1) is 8.19. The molecular weight excluding hydrogens is 282 g/mol. The van der Waals surface area contributed by atoms with E-state index in [9.17, 15) is 0 Å². The van der Waals surface area contributed by atoms with Crippen molar-refractivity contribution in [2.45, 2.75) is 46.1 Å². The summed E-state index contributed by atoms with van der Waals surface area (Å²) in [7, 11) is 0. The van der Waals surface area contributed by atoms with E-state index in [1.165, 1.54) is 6.33 Å². The van der Waals surface area contributed by atoms with Gasteiger partial charge in [-0.25, -0.2) is 9.97 Å². The number of halogens is 1. The molecule has 0 spiro atoms. The average molecular weight is 302 g/mol. The molecule has 5 heteroatoms. The maximum Gasteiger partial charge on any atom is 0.233 e. The van der Waals surface area contributed by atoms with Gasteiger partial charge in [0.15, 0.2) is 0 Å². The molecule has 1 rings (SSSR count). The van der Waals surface area contributed by atoms with Crippen LogP contribution in [-0.4, -0.2) is 22.6 Å². The number of nitrogens with one attached hydrogen (secondary N) is 1. The van der Waals surface area contributed by atoms with Crippen molar-refractivity contribution in [2.75, 3.05) is 11.9 Å². The van der Waals surface area contributed by atoms with E-state index in [-0.39, 0.29) is 6.10 Å². The molecule has 0 aromatic carbocycles. The molecule has 1 aromatic heterocycles. The Balaban J connectivity index is 2.72. The molecule has 1 atom stereocenters. The van der Waals surface area contributed by atoms with Crippen LogP contribution in [0.3, 0.4) is 0 Å². The van der Waals surface area contributed by atoms with Gasteiger partial charge in [0.25, 0.3) is 0 Å². The number of aromatic nitrogens is 2. The Morgan fingerprint density at radius 2 is 2.12 bits per heavy atom. The van der Waals surface area contributed by atoms with Crippen molar-refractivity contribution in [3.8, 4) is 5.88 Å². The van der Waals surface area contributed by atoms with Crippen molar-refractivity contribution < 1.29 is 4.74 Å². The molecule has 0 aliphatic heterocycles. The lowest BCUT2D eigenvalue weighted by atomic mass is 10.2. The molecular formula is C12H20BrN3O. The number of anilines is 1. The smallest absolute Gasteiger partial charge is 0.233 e. The minimum Gasteiger partial charge on any atom is -0.474 e. The number of rotatable bonds is 7. The standard InChI is InChI=1S/C12H20BrN3O/c1-4-6-9(3)17-12-10(13)11(14-7-5-2)15-8-16-12/h8-9H,4-7H2,1-3H3,(H,14,15,16). The van der Waals surface area contributed by atoms with Gasteiger partial charge in [-0.1, -0.05) is 20.3 Å². The molecule has 1 aromatic rings. The van der Waals surface area contributed by atoms with Crippen LogP contribution >= 0.6 is 15.9 Å². The molecule has 0 saturated carbocycles. The van der Waals surface area contributed by atoms with Crippen LogP contribution in [0.15, 0.2) is 10.8 Å². The molecule has 0 fully saturated rings. The number of nitrogens with zero attached hydrogens (tertiary/aromatic N) is 2. The number of hydrogen-bond donors (Lipinski definition) is 1. The fourth-order valence-corrected chi connectivity index (χ4v) is 1.90. The lowest BCUT2D eigenvalue weighted by Crippen LogP contribution is -2.13. The predicted octanol–water partition coefficient (Wildman–Crippen LogP) is 3.63. The maximum absolute atomic E-state index is 5.77. The summed E-state index contributed by atoms with van der Waals surface area (Å²) in [6, 6.07) is 0. The summed E-state index contributed by atoms with van der Waals surface area (Å²) < 4.78 is 6.57. The topological polar surface area (TPSA) is 47.0 Å². The summed E-state index contributed by atoms with van der Waals surface area (Å²) in [5, 5.41) is 3.23. The van der Waals surface area contributed by atoms with E-state index in [0.717, 1.165) is 36.1 Å². The van der Waals surface area contributed by atoms with Gasteiger partial charge in [0.2, 0.25) is 5.88 Å². The van der Waals surface area contributed by atoms with Crippen molar-refractivity contribution in [1.82, 2.24) is 9.97 Å². The molecule has 0 radical (unpaired) electrons. The Morgan fingerprint density at radius 3 is 2.76 bits per heavy atom. The minimum atomic E-state index is 0.172. The van der Waals surface area contributed by atoms with E-state index in [0.29, 0.717) is 5.88 Å².